The van der Waals surface area contributed by atoms with Gasteiger partial charge in [0.2, 0.25) is 0 Å². The lowest BCUT2D eigenvalue weighted by Gasteiger charge is -2.22. The fourth-order valence-corrected chi connectivity index (χ4v) is 3.43. The van der Waals surface area contributed by atoms with Gasteiger partial charge in [-0.3, -0.25) is 4.79 Å². The van der Waals surface area contributed by atoms with Gasteiger partial charge in [0.25, 0.3) is 5.91 Å². The van der Waals surface area contributed by atoms with Crippen LogP contribution in [0.4, 0.5) is 0 Å². The van der Waals surface area contributed by atoms with Gasteiger partial charge in [-0.05, 0) is 17.7 Å². The summed E-state index contributed by atoms with van der Waals surface area (Å²) >= 11 is 6.41. The Morgan fingerprint density at radius 3 is 2.77 bits per heavy atom. The molecule has 0 saturated carbocycles. The first-order chi connectivity index (χ1) is 12.7. The molecule has 3 rings (SSSR count). The number of carbonyl (C=O) groups is 1. The fourth-order valence-electron chi connectivity index (χ4n) is 3.14. The minimum Gasteiger partial charge on any atom is -0.383 e. The van der Waals surface area contributed by atoms with Crippen LogP contribution in [0.5, 0.6) is 0 Å². The smallest absolute Gasteiger partial charge is 0.269 e. The minimum absolute atomic E-state index is 0.00875. The van der Waals surface area contributed by atoms with Crippen molar-refractivity contribution in [2.24, 2.45) is 0 Å². The Hall–Kier alpha value is -2.09. The fraction of sp³-hybridized carbons (Fsp3) is 0.444. The lowest BCUT2D eigenvalue weighted by Crippen LogP contribution is -2.39. The Kier molecular flexibility index (Phi) is 6.13. The van der Waals surface area contributed by atoms with E-state index in [0.717, 1.165) is 16.6 Å². The highest BCUT2D eigenvalue weighted by atomic mass is 35.5. The van der Waals surface area contributed by atoms with Crippen LogP contribution in [0.2, 0.25) is 5.02 Å². The number of H-pyrrole nitrogens is 1. The molecule has 1 unspecified atom stereocenters. The SMILES string of the molecule is COCCN(CCOC)C(=O)C1=CC(c2c(Cl)cnc3[nH]ccc23)CN1. The van der Waals surface area contributed by atoms with Gasteiger partial charge in [0.1, 0.15) is 5.65 Å². The third kappa shape index (κ3) is 3.85. The lowest BCUT2D eigenvalue weighted by molar-refractivity contribution is -0.128. The van der Waals surface area contributed by atoms with Crippen LogP contribution in [0, 0.1) is 0 Å². The number of hydrogen-bond donors (Lipinski definition) is 2. The molecule has 0 fully saturated rings. The summed E-state index contributed by atoms with van der Waals surface area (Å²) in [6.07, 6.45) is 5.43. The number of fused-ring (bicyclic) bond motifs is 1. The number of amides is 1. The van der Waals surface area contributed by atoms with Crippen LogP contribution >= 0.6 is 11.6 Å². The average molecular weight is 379 g/mol. The molecule has 0 aliphatic carbocycles. The average Bonchev–Trinajstić information content (AvgIpc) is 3.30. The zero-order valence-corrected chi connectivity index (χ0v) is 15.7. The molecule has 0 radical (unpaired) electrons. The van der Waals surface area contributed by atoms with Gasteiger partial charge in [-0.2, -0.15) is 0 Å². The van der Waals surface area contributed by atoms with Crippen molar-refractivity contribution in [3.63, 3.8) is 0 Å². The van der Waals surface area contributed by atoms with Crippen LogP contribution < -0.4 is 5.32 Å². The minimum atomic E-state index is -0.0582. The third-order valence-electron chi connectivity index (χ3n) is 4.48. The largest absolute Gasteiger partial charge is 0.383 e. The molecule has 26 heavy (non-hydrogen) atoms. The second kappa shape index (κ2) is 8.53. The van der Waals surface area contributed by atoms with Gasteiger partial charge in [0.05, 0.1) is 23.9 Å². The summed E-state index contributed by atoms with van der Waals surface area (Å²) in [7, 11) is 3.24. The van der Waals surface area contributed by atoms with Crippen LogP contribution in [0.3, 0.4) is 0 Å². The number of nitrogens with one attached hydrogen (secondary N) is 2. The molecule has 2 aromatic heterocycles. The van der Waals surface area contributed by atoms with Crippen LogP contribution in [0.25, 0.3) is 11.0 Å². The maximum Gasteiger partial charge on any atom is 0.269 e. The van der Waals surface area contributed by atoms with Crippen LogP contribution in [0.1, 0.15) is 11.5 Å². The predicted octanol–water partition coefficient (Wildman–Crippen LogP) is 1.91. The lowest BCUT2D eigenvalue weighted by atomic mass is 9.98. The number of aromatic nitrogens is 2. The van der Waals surface area contributed by atoms with Crippen molar-refractivity contribution in [1.82, 2.24) is 20.2 Å². The summed E-state index contributed by atoms with van der Waals surface area (Å²) in [5.74, 6) is -0.0495. The predicted molar refractivity (Wildman–Crippen MR) is 100 cm³/mol. The van der Waals surface area contributed by atoms with Gasteiger partial charge < -0.3 is 24.7 Å². The molecule has 8 heteroatoms. The number of halogens is 1. The number of aromatic amines is 1. The van der Waals surface area contributed by atoms with E-state index in [1.54, 1.807) is 25.3 Å². The number of rotatable bonds is 8. The first kappa shape index (κ1) is 18.7. The second-order valence-electron chi connectivity index (χ2n) is 6.11. The van der Waals surface area contributed by atoms with Crippen molar-refractivity contribution < 1.29 is 14.3 Å². The van der Waals surface area contributed by atoms with E-state index in [0.29, 0.717) is 43.6 Å². The Labute approximate surface area is 157 Å². The first-order valence-electron chi connectivity index (χ1n) is 8.50. The van der Waals surface area contributed by atoms with Crippen molar-refractivity contribution in [3.05, 3.63) is 40.8 Å². The molecule has 2 N–H and O–H groups in total. The highest BCUT2D eigenvalue weighted by molar-refractivity contribution is 6.32. The topological polar surface area (TPSA) is 79.5 Å². The van der Waals surface area contributed by atoms with Crippen LogP contribution in [-0.4, -0.2) is 67.8 Å². The van der Waals surface area contributed by atoms with Crippen molar-refractivity contribution in [2.75, 3.05) is 47.1 Å². The summed E-state index contributed by atoms with van der Waals surface area (Å²) in [6, 6.07) is 1.96. The summed E-state index contributed by atoms with van der Waals surface area (Å²) in [5, 5.41) is 4.80. The molecule has 0 aromatic carbocycles. The highest BCUT2D eigenvalue weighted by Gasteiger charge is 2.27. The molecule has 0 bridgehead atoms. The van der Waals surface area contributed by atoms with E-state index in [1.165, 1.54) is 0 Å². The molecule has 1 aliphatic heterocycles. The number of nitrogens with zero attached hydrogens (tertiary/aromatic N) is 2. The summed E-state index contributed by atoms with van der Waals surface area (Å²) in [4.78, 5) is 22.0. The van der Waals surface area contributed by atoms with Gasteiger partial charge in [-0.15, -0.1) is 0 Å². The molecule has 7 nitrogen and oxygen atoms in total. The van der Waals surface area contributed by atoms with Gasteiger partial charge in [0, 0.05) is 57.6 Å². The summed E-state index contributed by atoms with van der Waals surface area (Å²) in [5.41, 5.74) is 2.35. The van der Waals surface area contributed by atoms with Crippen molar-refractivity contribution in [2.45, 2.75) is 5.92 Å². The molecule has 0 spiro atoms. The van der Waals surface area contributed by atoms with Gasteiger partial charge >= 0.3 is 0 Å². The monoisotopic (exact) mass is 378 g/mol. The van der Waals surface area contributed by atoms with E-state index in [4.69, 9.17) is 21.1 Å². The number of carbonyl (C=O) groups excluding carboxylic acids is 1. The summed E-state index contributed by atoms with van der Waals surface area (Å²) in [6.45, 7) is 2.60. The molecular weight excluding hydrogens is 356 g/mol. The molecule has 1 atom stereocenters. The first-order valence-corrected chi connectivity index (χ1v) is 8.87. The zero-order valence-electron chi connectivity index (χ0n) is 14.9. The standard InChI is InChI=1S/C18H23ClN4O3/c1-25-7-5-23(6-8-26-2)18(24)15-9-12(10-21-15)16-13-3-4-20-17(13)22-11-14(16)19/h3-4,9,11-12,21H,5-8,10H2,1-2H3,(H,20,22). The van der Waals surface area contributed by atoms with Gasteiger partial charge in [-0.25, -0.2) is 4.98 Å². The normalized spacial score (nSPS) is 16.6. The van der Waals surface area contributed by atoms with Crippen LogP contribution in [-0.2, 0) is 14.3 Å². The van der Waals surface area contributed by atoms with E-state index >= 15 is 0 Å². The zero-order chi connectivity index (χ0) is 18.5. The van der Waals surface area contributed by atoms with E-state index in [2.05, 4.69) is 15.3 Å². The molecule has 0 saturated heterocycles. The van der Waals surface area contributed by atoms with Gasteiger partial charge in [-0.1, -0.05) is 11.6 Å². The Morgan fingerprint density at radius 2 is 2.08 bits per heavy atom. The van der Waals surface area contributed by atoms with Crippen molar-refractivity contribution in [1.29, 1.82) is 0 Å². The number of ether oxygens (including phenoxy) is 2. The quantitative estimate of drug-likeness (QED) is 0.733. The van der Waals surface area contributed by atoms with E-state index in [1.807, 2.05) is 18.3 Å². The molecular formula is C18H23ClN4O3. The number of hydrogen-bond acceptors (Lipinski definition) is 5. The summed E-state index contributed by atoms with van der Waals surface area (Å²) < 4.78 is 10.2. The number of methoxy groups -OCH3 is 2. The van der Waals surface area contributed by atoms with Crippen LogP contribution in [0.15, 0.2) is 30.2 Å². The third-order valence-corrected chi connectivity index (χ3v) is 4.78. The maximum atomic E-state index is 12.9. The van der Waals surface area contributed by atoms with Gasteiger partial charge in [0.15, 0.2) is 0 Å². The molecule has 2 aromatic rings. The maximum absolute atomic E-state index is 12.9. The second-order valence-corrected chi connectivity index (χ2v) is 6.51. The van der Waals surface area contributed by atoms with E-state index in [9.17, 15) is 4.79 Å². The molecule has 1 aliphatic rings. The Balaban J connectivity index is 1.82. The highest BCUT2D eigenvalue weighted by Crippen LogP contribution is 2.34. The molecule has 1 amide bonds. The van der Waals surface area contributed by atoms with E-state index in [-0.39, 0.29) is 11.8 Å². The molecule has 140 valence electrons. The number of pyridine rings is 1. The van der Waals surface area contributed by atoms with E-state index < -0.39 is 0 Å². The Morgan fingerprint density at radius 1 is 1.35 bits per heavy atom. The van der Waals surface area contributed by atoms with Crippen molar-refractivity contribution in [3.8, 4) is 0 Å². The molecule has 3 heterocycles. The Bertz CT molecular complexity index is 797. The van der Waals surface area contributed by atoms with Crippen molar-refractivity contribution >= 4 is 28.5 Å².